The van der Waals surface area contributed by atoms with Gasteiger partial charge in [-0.3, -0.25) is 5.43 Å². The van der Waals surface area contributed by atoms with Gasteiger partial charge >= 0.3 is 0 Å². The molecule has 4 N–H and O–H groups in total. The SMILES string of the molecule is CCNc1nc(Cl)nc(NN)n1. The summed E-state index contributed by atoms with van der Waals surface area (Å²) < 4.78 is 0. The summed E-state index contributed by atoms with van der Waals surface area (Å²) >= 11 is 5.57. The van der Waals surface area contributed by atoms with Crippen LogP contribution in [0.4, 0.5) is 11.9 Å². The molecule has 0 aromatic carbocycles. The van der Waals surface area contributed by atoms with Crippen LogP contribution in [0.25, 0.3) is 0 Å². The lowest BCUT2D eigenvalue weighted by Gasteiger charge is -2.02. The van der Waals surface area contributed by atoms with Crippen LogP contribution in [-0.4, -0.2) is 21.5 Å². The summed E-state index contributed by atoms with van der Waals surface area (Å²) in [4.78, 5) is 11.4. The fraction of sp³-hybridized carbons (Fsp3) is 0.400. The highest BCUT2D eigenvalue weighted by atomic mass is 35.5. The maximum absolute atomic E-state index is 5.57. The van der Waals surface area contributed by atoms with Gasteiger partial charge < -0.3 is 5.32 Å². The van der Waals surface area contributed by atoms with Crippen LogP contribution in [0.5, 0.6) is 0 Å². The van der Waals surface area contributed by atoms with Crippen LogP contribution in [0.2, 0.25) is 5.28 Å². The average Bonchev–Trinajstić information content (AvgIpc) is 2.04. The Hall–Kier alpha value is -1.14. The monoisotopic (exact) mass is 188 g/mol. The van der Waals surface area contributed by atoms with Crippen molar-refractivity contribution in [1.82, 2.24) is 15.0 Å². The van der Waals surface area contributed by atoms with E-state index in [1.165, 1.54) is 0 Å². The third-order valence-corrected chi connectivity index (χ3v) is 1.24. The number of hydrogen-bond donors (Lipinski definition) is 3. The molecule has 0 amide bonds. The molecule has 1 rings (SSSR count). The molecule has 0 spiro atoms. The second-order valence-corrected chi connectivity index (χ2v) is 2.26. The van der Waals surface area contributed by atoms with Gasteiger partial charge in [-0.2, -0.15) is 15.0 Å². The van der Waals surface area contributed by atoms with E-state index in [-0.39, 0.29) is 11.2 Å². The van der Waals surface area contributed by atoms with E-state index in [1.54, 1.807) is 0 Å². The summed E-state index contributed by atoms with van der Waals surface area (Å²) in [5.41, 5.74) is 2.28. The van der Waals surface area contributed by atoms with Crippen molar-refractivity contribution in [3.63, 3.8) is 0 Å². The number of hydrazine groups is 1. The first-order valence-corrected chi connectivity index (χ1v) is 3.76. The van der Waals surface area contributed by atoms with E-state index in [0.717, 1.165) is 0 Å². The van der Waals surface area contributed by atoms with E-state index >= 15 is 0 Å². The second-order valence-electron chi connectivity index (χ2n) is 1.93. The van der Waals surface area contributed by atoms with Crippen molar-refractivity contribution in [2.75, 3.05) is 17.3 Å². The molecule has 66 valence electrons. The summed E-state index contributed by atoms with van der Waals surface area (Å²) in [6.07, 6.45) is 0. The number of nitrogens with one attached hydrogen (secondary N) is 2. The van der Waals surface area contributed by atoms with Gasteiger partial charge in [0.05, 0.1) is 0 Å². The molecule has 0 aliphatic carbocycles. The van der Waals surface area contributed by atoms with Gasteiger partial charge in [-0.05, 0) is 18.5 Å². The fourth-order valence-electron chi connectivity index (χ4n) is 0.652. The molecule has 0 unspecified atom stereocenters. The van der Waals surface area contributed by atoms with Gasteiger partial charge in [-0.1, -0.05) is 0 Å². The van der Waals surface area contributed by atoms with Crippen LogP contribution < -0.4 is 16.6 Å². The topological polar surface area (TPSA) is 88.8 Å². The third-order valence-electron chi connectivity index (χ3n) is 1.07. The Kier molecular flexibility index (Phi) is 3.01. The standard InChI is InChI=1S/C5H9ClN6/c1-2-8-4-9-3(6)10-5(11-4)12-7/h2,7H2,1H3,(H2,8,9,10,11,12). The normalized spacial score (nSPS) is 9.58. The minimum Gasteiger partial charge on any atom is -0.354 e. The fourth-order valence-corrected chi connectivity index (χ4v) is 0.812. The summed E-state index contributed by atoms with van der Waals surface area (Å²) in [6, 6.07) is 0. The summed E-state index contributed by atoms with van der Waals surface area (Å²) in [6.45, 7) is 2.64. The van der Waals surface area contributed by atoms with Gasteiger partial charge in [0.2, 0.25) is 17.2 Å². The lowest BCUT2D eigenvalue weighted by molar-refractivity contribution is 1.01. The van der Waals surface area contributed by atoms with Crippen molar-refractivity contribution >= 4 is 23.5 Å². The van der Waals surface area contributed by atoms with E-state index in [4.69, 9.17) is 17.4 Å². The molecule has 0 saturated heterocycles. The molecule has 0 aliphatic rings. The molecule has 0 saturated carbocycles. The number of nitrogens with two attached hydrogens (primary N) is 1. The second kappa shape index (κ2) is 4.03. The Morgan fingerprint density at radius 2 is 2.00 bits per heavy atom. The van der Waals surface area contributed by atoms with E-state index in [9.17, 15) is 0 Å². The van der Waals surface area contributed by atoms with Crippen LogP contribution in [-0.2, 0) is 0 Å². The van der Waals surface area contributed by atoms with Crippen molar-refractivity contribution in [3.05, 3.63) is 5.28 Å². The molecule has 1 heterocycles. The number of aromatic nitrogens is 3. The molecule has 0 aliphatic heterocycles. The van der Waals surface area contributed by atoms with Crippen molar-refractivity contribution in [2.24, 2.45) is 5.84 Å². The van der Waals surface area contributed by atoms with Gasteiger partial charge in [-0.15, -0.1) is 0 Å². The molecule has 12 heavy (non-hydrogen) atoms. The minimum atomic E-state index is 0.105. The molecule has 1 aromatic rings. The molecule has 7 heteroatoms. The average molecular weight is 189 g/mol. The molecule has 0 fully saturated rings. The molecule has 0 bridgehead atoms. The van der Waals surface area contributed by atoms with E-state index in [1.807, 2.05) is 6.92 Å². The number of hydrogen-bond acceptors (Lipinski definition) is 6. The zero-order valence-electron chi connectivity index (χ0n) is 6.50. The minimum absolute atomic E-state index is 0.105. The van der Waals surface area contributed by atoms with Crippen molar-refractivity contribution in [2.45, 2.75) is 6.92 Å². The zero-order valence-corrected chi connectivity index (χ0v) is 7.26. The Morgan fingerprint density at radius 1 is 1.33 bits per heavy atom. The van der Waals surface area contributed by atoms with Crippen molar-refractivity contribution in [1.29, 1.82) is 0 Å². The van der Waals surface area contributed by atoms with Crippen molar-refractivity contribution < 1.29 is 0 Å². The van der Waals surface area contributed by atoms with Gasteiger partial charge in [0.15, 0.2) is 0 Å². The highest BCUT2D eigenvalue weighted by molar-refractivity contribution is 6.28. The van der Waals surface area contributed by atoms with Gasteiger partial charge in [0.1, 0.15) is 0 Å². The lowest BCUT2D eigenvalue weighted by atomic mass is 10.7. The molecule has 1 aromatic heterocycles. The maximum Gasteiger partial charge on any atom is 0.243 e. The Bertz CT molecular complexity index is 264. The van der Waals surface area contributed by atoms with Crippen LogP contribution in [0.15, 0.2) is 0 Å². The first-order chi connectivity index (χ1) is 5.76. The Labute approximate surface area is 74.5 Å². The number of rotatable bonds is 3. The quantitative estimate of drug-likeness (QED) is 0.465. The summed E-state index contributed by atoms with van der Waals surface area (Å²) in [5, 5.41) is 2.99. The van der Waals surface area contributed by atoms with E-state index in [2.05, 4.69) is 25.7 Å². The van der Waals surface area contributed by atoms with Crippen LogP contribution in [0.1, 0.15) is 6.92 Å². The van der Waals surface area contributed by atoms with Gasteiger partial charge in [0, 0.05) is 6.54 Å². The lowest BCUT2D eigenvalue weighted by Crippen LogP contribution is -2.13. The predicted molar refractivity (Wildman–Crippen MR) is 46.8 cm³/mol. The molecular formula is C5H9ClN6. The summed E-state index contributed by atoms with van der Waals surface area (Å²) in [7, 11) is 0. The Balaban J connectivity index is 2.90. The largest absolute Gasteiger partial charge is 0.354 e. The van der Waals surface area contributed by atoms with Crippen LogP contribution in [0.3, 0.4) is 0 Å². The smallest absolute Gasteiger partial charge is 0.243 e. The molecule has 0 radical (unpaired) electrons. The highest BCUT2D eigenvalue weighted by Gasteiger charge is 2.01. The number of halogens is 1. The molecular weight excluding hydrogens is 180 g/mol. The maximum atomic E-state index is 5.57. The predicted octanol–water partition coefficient (Wildman–Crippen LogP) is 0.242. The Morgan fingerprint density at radius 3 is 2.58 bits per heavy atom. The number of nitrogens with zero attached hydrogens (tertiary/aromatic N) is 3. The van der Waals surface area contributed by atoms with Gasteiger partial charge in [0.25, 0.3) is 0 Å². The van der Waals surface area contributed by atoms with E-state index in [0.29, 0.717) is 12.5 Å². The third kappa shape index (κ3) is 2.18. The highest BCUT2D eigenvalue weighted by Crippen LogP contribution is 2.07. The van der Waals surface area contributed by atoms with Crippen LogP contribution in [0, 0.1) is 0 Å². The first kappa shape index (κ1) is 8.95. The zero-order chi connectivity index (χ0) is 8.97. The molecule has 6 nitrogen and oxygen atoms in total. The van der Waals surface area contributed by atoms with Crippen LogP contribution >= 0.6 is 11.6 Å². The number of nitrogen functional groups attached to an aromatic ring is 1. The van der Waals surface area contributed by atoms with Crippen molar-refractivity contribution in [3.8, 4) is 0 Å². The van der Waals surface area contributed by atoms with Gasteiger partial charge in [-0.25, -0.2) is 5.84 Å². The summed E-state index contributed by atoms with van der Waals surface area (Å²) in [5.74, 6) is 5.74. The van der Waals surface area contributed by atoms with E-state index < -0.39 is 0 Å². The molecule has 0 atom stereocenters. The first-order valence-electron chi connectivity index (χ1n) is 3.38. The number of anilines is 2.